The third-order valence-corrected chi connectivity index (χ3v) is 4.41. The molecule has 1 fully saturated rings. The molecule has 124 valence electrons. The number of pyridine rings is 1. The van der Waals surface area contributed by atoms with Gasteiger partial charge in [-0.05, 0) is 33.6 Å². The van der Waals surface area contributed by atoms with Gasteiger partial charge in [0.15, 0.2) is 5.82 Å². The maximum Gasteiger partial charge on any atom is 0.407 e. The van der Waals surface area contributed by atoms with Crippen LogP contribution in [-0.4, -0.2) is 56.7 Å². The highest BCUT2D eigenvalue weighted by Crippen LogP contribution is 2.28. The average Bonchev–Trinajstić information content (AvgIpc) is 2.53. The molecule has 2 aromatic rings. The summed E-state index contributed by atoms with van der Waals surface area (Å²) in [7, 11) is 0. The van der Waals surface area contributed by atoms with Crippen LogP contribution in [0.25, 0.3) is 11.0 Å². The molecule has 3 heterocycles. The second-order valence-electron chi connectivity index (χ2n) is 5.28. The summed E-state index contributed by atoms with van der Waals surface area (Å²) in [4.78, 5) is 27.3. The lowest BCUT2D eigenvalue weighted by Crippen LogP contribution is -2.55. The standard InChI is InChI=1S/C14H12BrClN6O2/c15-8-5-10-11(18-6-8)12(20-13(16)19-10)21-3-4-22(14(23)24)9(7-21)1-2-17/h5-6,9H,1,3-4,7H2,(H,23,24)/t9-/m0/s1. The van der Waals surface area contributed by atoms with Gasteiger partial charge in [-0.3, -0.25) is 0 Å². The van der Waals surface area contributed by atoms with Crippen molar-refractivity contribution in [1.29, 1.82) is 5.26 Å². The van der Waals surface area contributed by atoms with Gasteiger partial charge in [-0.15, -0.1) is 0 Å². The lowest BCUT2D eigenvalue weighted by molar-refractivity contribution is 0.119. The van der Waals surface area contributed by atoms with Crippen LogP contribution in [0, 0.1) is 11.3 Å². The summed E-state index contributed by atoms with van der Waals surface area (Å²) in [5, 5.41) is 18.3. The summed E-state index contributed by atoms with van der Waals surface area (Å²) in [5.74, 6) is 0.547. The van der Waals surface area contributed by atoms with E-state index in [1.54, 1.807) is 12.3 Å². The number of fused-ring (bicyclic) bond motifs is 1. The van der Waals surface area contributed by atoms with E-state index in [1.807, 2.05) is 11.0 Å². The average molecular weight is 412 g/mol. The Morgan fingerprint density at radius 2 is 2.29 bits per heavy atom. The van der Waals surface area contributed by atoms with E-state index < -0.39 is 12.1 Å². The number of nitriles is 1. The highest BCUT2D eigenvalue weighted by molar-refractivity contribution is 9.10. The Hall–Kier alpha value is -2.18. The summed E-state index contributed by atoms with van der Waals surface area (Å²) in [6.07, 6.45) is 0.726. The molecule has 1 atom stereocenters. The molecule has 10 heteroatoms. The third kappa shape index (κ3) is 3.20. The molecule has 0 unspecified atom stereocenters. The van der Waals surface area contributed by atoms with Gasteiger partial charge in [0.25, 0.3) is 0 Å². The van der Waals surface area contributed by atoms with Gasteiger partial charge < -0.3 is 14.9 Å². The minimum Gasteiger partial charge on any atom is -0.465 e. The van der Waals surface area contributed by atoms with Crippen molar-refractivity contribution in [3.63, 3.8) is 0 Å². The number of aromatic nitrogens is 3. The fourth-order valence-corrected chi connectivity index (χ4v) is 3.24. The Morgan fingerprint density at radius 3 is 3.00 bits per heavy atom. The first kappa shape index (κ1) is 16.7. The summed E-state index contributed by atoms with van der Waals surface area (Å²) < 4.78 is 0.772. The molecule has 0 saturated carbocycles. The highest BCUT2D eigenvalue weighted by Gasteiger charge is 2.31. The molecule has 8 nitrogen and oxygen atoms in total. The molecule has 1 aliphatic rings. The monoisotopic (exact) mass is 410 g/mol. The maximum atomic E-state index is 11.3. The topological polar surface area (TPSA) is 106 Å². The predicted octanol–water partition coefficient (Wildman–Crippen LogP) is 2.52. The largest absolute Gasteiger partial charge is 0.465 e. The number of rotatable bonds is 2. The first-order valence-electron chi connectivity index (χ1n) is 7.10. The van der Waals surface area contributed by atoms with Crippen molar-refractivity contribution in [3.8, 4) is 6.07 Å². The molecule has 0 aromatic carbocycles. The summed E-state index contributed by atoms with van der Waals surface area (Å²) in [6, 6.07) is 3.40. The zero-order valence-corrected chi connectivity index (χ0v) is 14.7. The van der Waals surface area contributed by atoms with E-state index in [2.05, 4.69) is 30.9 Å². The number of halogens is 2. The smallest absolute Gasteiger partial charge is 0.407 e. The number of amides is 1. The van der Waals surface area contributed by atoms with E-state index >= 15 is 0 Å². The molecule has 1 saturated heterocycles. The van der Waals surface area contributed by atoms with Crippen LogP contribution in [0.2, 0.25) is 5.28 Å². The van der Waals surface area contributed by atoms with Gasteiger partial charge >= 0.3 is 6.09 Å². The number of anilines is 1. The summed E-state index contributed by atoms with van der Waals surface area (Å²) >= 11 is 9.37. The van der Waals surface area contributed by atoms with Gasteiger partial charge in [0.05, 0.1) is 24.0 Å². The van der Waals surface area contributed by atoms with Crippen molar-refractivity contribution in [2.75, 3.05) is 24.5 Å². The number of hydrogen-bond donors (Lipinski definition) is 1. The minimum atomic E-state index is -1.03. The van der Waals surface area contributed by atoms with Crippen molar-refractivity contribution in [1.82, 2.24) is 19.9 Å². The van der Waals surface area contributed by atoms with E-state index in [4.69, 9.17) is 16.9 Å². The molecule has 3 rings (SSSR count). The van der Waals surface area contributed by atoms with Crippen molar-refractivity contribution in [3.05, 3.63) is 22.0 Å². The predicted molar refractivity (Wildman–Crippen MR) is 91.0 cm³/mol. The third-order valence-electron chi connectivity index (χ3n) is 3.81. The van der Waals surface area contributed by atoms with Crippen LogP contribution in [0.3, 0.4) is 0 Å². The molecular weight excluding hydrogens is 400 g/mol. The van der Waals surface area contributed by atoms with Crippen LogP contribution in [0.1, 0.15) is 6.42 Å². The molecule has 2 aromatic heterocycles. The normalized spacial score (nSPS) is 17.8. The molecular formula is C14H12BrClN6O2. The van der Waals surface area contributed by atoms with E-state index in [9.17, 15) is 9.90 Å². The highest BCUT2D eigenvalue weighted by atomic mass is 79.9. The second kappa shape index (κ2) is 6.75. The summed E-state index contributed by atoms with van der Waals surface area (Å²) in [5.41, 5.74) is 1.18. The first-order chi connectivity index (χ1) is 11.5. The van der Waals surface area contributed by atoms with Crippen LogP contribution in [0.5, 0.6) is 0 Å². The van der Waals surface area contributed by atoms with Crippen molar-refractivity contribution in [2.24, 2.45) is 0 Å². The van der Waals surface area contributed by atoms with Gasteiger partial charge in [-0.25, -0.2) is 14.8 Å². The molecule has 0 spiro atoms. The fraction of sp³-hybridized carbons (Fsp3) is 0.357. The van der Waals surface area contributed by atoms with Crippen LogP contribution in [0.4, 0.5) is 10.6 Å². The van der Waals surface area contributed by atoms with Crippen LogP contribution < -0.4 is 4.90 Å². The second-order valence-corrected chi connectivity index (χ2v) is 6.53. The molecule has 0 bridgehead atoms. The lowest BCUT2D eigenvalue weighted by atomic mass is 10.1. The Balaban J connectivity index is 1.99. The van der Waals surface area contributed by atoms with Crippen molar-refractivity contribution in [2.45, 2.75) is 12.5 Å². The fourth-order valence-electron chi connectivity index (χ4n) is 2.75. The molecule has 0 aliphatic carbocycles. The number of carboxylic acid groups (broad SMARTS) is 1. The van der Waals surface area contributed by atoms with Crippen molar-refractivity contribution < 1.29 is 9.90 Å². The molecule has 1 N–H and O–H groups in total. The maximum absolute atomic E-state index is 11.3. The van der Waals surface area contributed by atoms with E-state index in [1.165, 1.54) is 4.90 Å². The Kier molecular flexibility index (Phi) is 4.69. The Labute approximate surface area is 150 Å². The summed E-state index contributed by atoms with van der Waals surface area (Å²) in [6.45, 7) is 1.07. The van der Waals surface area contributed by atoms with Crippen molar-refractivity contribution >= 4 is 50.5 Å². The first-order valence-corrected chi connectivity index (χ1v) is 8.27. The number of carbonyl (C=O) groups is 1. The molecule has 1 amide bonds. The molecule has 24 heavy (non-hydrogen) atoms. The van der Waals surface area contributed by atoms with Gasteiger partial charge in [-0.2, -0.15) is 10.2 Å². The van der Waals surface area contributed by atoms with Gasteiger partial charge in [0.1, 0.15) is 5.52 Å². The van der Waals surface area contributed by atoms with Gasteiger partial charge in [0.2, 0.25) is 5.28 Å². The molecule has 0 radical (unpaired) electrons. The zero-order chi connectivity index (χ0) is 17.3. The Morgan fingerprint density at radius 1 is 1.50 bits per heavy atom. The van der Waals surface area contributed by atoms with E-state index in [0.29, 0.717) is 29.9 Å². The SMILES string of the molecule is N#CC[C@H]1CN(c2nc(Cl)nc3cc(Br)cnc23)CCN1C(=O)O. The number of piperazine rings is 1. The number of hydrogen-bond acceptors (Lipinski definition) is 6. The van der Waals surface area contributed by atoms with Gasteiger partial charge in [0, 0.05) is 30.3 Å². The minimum absolute atomic E-state index is 0.0925. The molecule has 1 aliphatic heterocycles. The van der Waals surface area contributed by atoms with Crippen LogP contribution in [0.15, 0.2) is 16.7 Å². The number of nitrogens with zero attached hydrogens (tertiary/aromatic N) is 6. The van der Waals surface area contributed by atoms with Gasteiger partial charge in [-0.1, -0.05) is 0 Å². The van der Waals surface area contributed by atoms with Crippen LogP contribution in [-0.2, 0) is 0 Å². The lowest BCUT2D eigenvalue weighted by Gasteiger charge is -2.39. The zero-order valence-electron chi connectivity index (χ0n) is 12.4. The van der Waals surface area contributed by atoms with E-state index in [-0.39, 0.29) is 18.2 Å². The van der Waals surface area contributed by atoms with Crippen LogP contribution >= 0.6 is 27.5 Å². The van der Waals surface area contributed by atoms with E-state index in [0.717, 1.165) is 4.47 Å². The quantitative estimate of drug-likeness (QED) is 0.757. The Bertz CT molecular complexity index is 837.